The van der Waals surface area contributed by atoms with E-state index >= 15 is 0 Å². The Kier molecular flexibility index (Phi) is 6.14. The molecule has 2 aromatic carbocycles. The summed E-state index contributed by atoms with van der Waals surface area (Å²) in [5, 5.41) is 9.34. The molecular weight excluding hydrogens is 336 g/mol. The summed E-state index contributed by atoms with van der Waals surface area (Å²) in [7, 11) is 0. The Labute approximate surface area is 150 Å². The van der Waals surface area contributed by atoms with Crippen molar-refractivity contribution < 1.29 is 14.3 Å². The largest absolute Gasteiger partial charge is 0.465 e. The Bertz CT molecular complexity index is 874. The molecule has 0 aliphatic carbocycles. The van der Waals surface area contributed by atoms with E-state index in [2.05, 4.69) is 0 Å². The van der Waals surface area contributed by atoms with Crippen molar-refractivity contribution in [3.05, 3.63) is 64.8 Å². The van der Waals surface area contributed by atoms with Crippen LogP contribution in [0.25, 0.3) is 22.1 Å². The summed E-state index contributed by atoms with van der Waals surface area (Å²) in [4.78, 5) is 13.0. The average Bonchev–Trinajstić information content (AvgIpc) is 2.65. The summed E-state index contributed by atoms with van der Waals surface area (Å²) in [6, 6.07) is 16.6. The van der Waals surface area contributed by atoms with Crippen molar-refractivity contribution in [3.8, 4) is 17.1 Å². The van der Waals surface area contributed by atoms with Gasteiger partial charge in [-0.2, -0.15) is 11.8 Å². The number of para-hydroxylation sites is 1. The lowest BCUT2D eigenvalue weighted by Gasteiger charge is -2.11. The number of ether oxygens (including phenoxy) is 1. The fraction of sp³-hybridized carbons (Fsp3) is 0.250. The van der Waals surface area contributed by atoms with Gasteiger partial charge in [0.1, 0.15) is 11.1 Å². The molecule has 3 aromatic rings. The Balaban J connectivity index is 1.91. The minimum atomic E-state index is -0.0855. The number of fused-ring (bicyclic) bond motifs is 1. The number of rotatable bonds is 8. The van der Waals surface area contributed by atoms with Crippen LogP contribution in [0.4, 0.5) is 0 Å². The first-order valence-electron chi connectivity index (χ1n) is 8.24. The van der Waals surface area contributed by atoms with Crippen molar-refractivity contribution in [1.29, 1.82) is 0 Å². The Morgan fingerprint density at radius 1 is 1.00 bits per heavy atom. The highest BCUT2D eigenvalue weighted by atomic mass is 32.2. The molecule has 1 N–H and O–H groups in total. The molecule has 0 bridgehead atoms. The molecule has 0 atom stereocenters. The molecule has 0 saturated heterocycles. The van der Waals surface area contributed by atoms with Gasteiger partial charge in [-0.3, -0.25) is 4.79 Å². The highest BCUT2D eigenvalue weighted by Crippen LogP contribution is 2.30. The van der Waals surface area contributed by atoms with Crippen molar-refractivity contribution in [2.45, 2.75) is 6.42 Å². The summed E-state index contributed by atoms with van der Waals surface area (Å²) in [5.41, 5.74) is 1.68. The molecule has 4 nitrogen and oxygen atoms in total. The number of aliphatic hydroxyl groups excluding tert-OH is 1. The standard InChI is InChI=1S/C20H20O4S/c21-11-14-25-13-6-12-23-20-18(15-7-2-1-3-8-15)19(22)16-9-4-5-10-17(16)24-20/h1-5,7-10,21H,6,11-14H2. The number of aliphatic hydroxyl groups is 1. The Morgan fingerprint density at radius 3 is 2.56 bits per heavy atom. The zero-order chi connectivity index (χ0) is 17.5. The lowest BCUT2D eigenvalue weighted by molar-refractivity contribution is 0.248. The highest BCUT2D eigenvalue weighted by Gasteiger charge is 2.17. The monoisotopic (exact) mass is 356 g/mol. The van der Waals surface area contributed by atoms with Gasteiger partial charge in [0.05, 0.1) is 18.6 Å². The van der Waals surface area contributed by atoms with Crippen LogP contribution in [0.1, 0.15) is 6.42 Å². The van der Waals surface area contributed by atoms with Gasteiger partial charge in [0, 0.05) is 5.75 Å². The third-order valence-corrected chi connectivity index (χ3v) is 4.78. The predicted octanol–water partition coefficient (Wildman–Crippen LogP) is 3.95. The molecule has 0 unspecified atom stereocenters. The van der Waals surface area contributed by atoms with Gasteiger partial charge in [-0.1, -0.05) is 42.5 Å². The molecule has 0 fully saturated rings. The quantitative estimate of drug-likeness (QED) is 0.619. The second kappa shape index (κ2) is 8.74. The van der Waals surface area contributed by atoms with Crippen molar-refractivity contribution in [2.24, 2.45) is 0 Å². The summed E-state index contributed by atoms with van der Waals surface area (Å²) in [6.07, 6.45) is 0.815. The van der Waals surface area contributed by atoms with Crippen LogP contribution < -0.4 is 10.2 Å². The van der Waals surface area contributed by atoms with E-state index in [-0.39, 0.29) is 18.0 Å². The van der Waals surface area contributed by atoms with E-state index in [0.29, 0.717) is 23.1 Å². The minimum absolute atomic E-state index is 0.0855. The molecule has 0 saturated carbocycles. The van der Waals surface area contributed by atoms with Crippen molar-refractivity contribution in [3.63, 3.8) is 0 Å². The van der Waals surface area contributed by atoms with Gasteiger partial charge in [0.2, 0.25) is 5.43 Å². The van der Waals surface area contributed by atoms with Crippen LogP contribution in [-0.2, 0) is 0 Å². The molecule has 25 heavy (non-hydrogen) atoms. The summed E-state index contributed by atoms with van der Waals surface area (Å²) < 4.78 is 11.7. The van der Waals surface area contributed by atoms with Crippen LogP contribution in [0.15, 0.2) is 63.8 Å². The van der Waals surface area contributed by atoms with Crippen LogP contribution in [0.2, 0.25) is 0 Å². The maximum atomic E-state index is 13.0. The third kappa shape index (κ3) is 4.24. The molecule has 1 heterocycles. The number of benzene rings is 2. The molecule has 0 radical (unpaired) electrons. The number of thioether (sulfide) groups is 1. The van der Waals surface area contributed by atoms with Crippen molar-refractivity contribution in [2.75, 3.05) is 24.7 Å². The van der Waals surface area contributed by atoms with Gasteiger partial charge in [0.25, 0.3) is 5.95 Å². The molecule has 0 spiro atoms. The summed E-state index contributed by atoms with van der Waals surface area (Å²) in [6.45, 7) is 0.642. The maximum Gasteiger partial charge on any atom is 0.297 e. The van der Waals surface area contributed by atoms with E-state index < -0.39 is 0 Å². The average molecular weight is 356 g/mol. The zero-order valence-electron chi connectivity index (χ0n) is 13.8. The highest BCUT2D eigenvalue weighted by molar-refractivity contribution is 7.99. The smallest absolute Gasteiger partial charge is 0.297 e. The van der Waals surface area contributed by atoms with Gasteiger partial charge in [-0.05, 0) is 29.9 Å². The molecular formula is C20H20O4S. The van der Waals surface area contributed by atoms with Crippen LogP contribution in [-0.4, -0.2) is 29.8 Å². The Morgan fingerprint density at radius 2 is 1.76 bits per heavy atom. The van der Waals surface area contributed by atoms with Gasteiger partial charge in [-0.15, -0.1) is 0 Å². The predicted molar refractivity (Wildman–Crippen MR) is 102 cm³/mol. The molecule has 1 aromatic heterocycles. The molecule has 0 aliphatic rings. The fourth-order valence-electron chi connectivity index (χ4n) is 2.57. The first-order chi connectivity index (χ1) is 12.3. The number of hydrogen-bond donors (Lipinski definition) is 1. The molecule has 5 heteroatoms. The van der Waals surface area contributed by atoms with E-state index in [1.54, 1.807) is 23.9 Å². The van der Waals surface area contributed by atoms with E-state index in [1.807, 2.05) is 42.5 Å². The lowest BCUT2D eigenvalue weighted by atomic mass is 10.1. The van der Waals surface area contributed by atoms with E-state index in [4.69, 9.17) is 14.3 Å². The molecule has 0 aliphatic heterocycles. The molecule has 3 rings (SSSR count). The molecule has 0 amide bonds. The van der Waals surface area contributed by atoms with Crippen molar-refractivity contribution in [1.82, 2.24) is 0 Å². The fourth-order valence-corrected chi connectivity index (χ4v) is 3.22. The van der Waals surface area contributed by atoms with Gasteiger partial charge in [-0.25, -0.2) is 0 Å². The third-order valence-electron chi connectivity index (χ3n) is 3.73. The minimum Gasteiger partial charge on any atom is -0.465 e. The molecule has 130 valence electrons. The van der Waals surface area contributed by atoms with E-state index in [0.717, 1.165) is 23.5 Å². The van der Waals surface area contributed by atoms with Gasteiger partial charge >= 0.3 is 0 Å². The van der Waals surface area contributed by atoms with Crippen LogP contribution in [0.3, 0.4) is 0 Å². The Hall–Kier alpha value is -2.24. The first kappa shape index (κ1) is 17.6. The normalized spacial score (nSPS) is 10.9. The van der Waals surface area contributed by atoms with Crippen LogP contribution >= 0.6 is 11.8 Å². The van der Waals surface area contributed by atoms with Crippen LogP contribution in [0.5, 0.6) is 5.95 Å². The summed E-state index contributed by atoms with van der Waals surface area (Å²) >= 11 is 1.67. The zero-order valence-corrected chi connectivity index (χ0v) is 14.6. The summed E-state index contributed by atoms with van der Waals surface area (Å²) in [5.74, 6) is 1.88. The van der Waals surface area contributed by atoms with E-state index in [1.165, 1.54) is 0 Å². The second-order valence-corrected chi connectivity index (χ2v) is 6.72. The van der Waals surface area contributed by atoms with Crippen molar-refractivity contribution >= 4 is 22.7 Å². The first-order valence-corrected chi connectivity index (χ1v) is 9.39. The van der Waals surface area contributed by atoms with E-state index in [9.17, 15) is 4.79 Å². The SMILES string of the molecule is O=c1c(-c2ccccc2)c(OCCCSCCO)oc2ccccc12. The van der Waals surface area contributed by atoms with Gasteiger partial charge in [0.15, 0.2) is 0 Å². The van der Waals surface area contributed by atoms with Crippen LogP contribution in [0, 0.1) is 0 Å². The second-order valence-electron chi connectivity index (χ2n) is 5.49. The topological polar surface area (TPSA) is 59.7 Å². The van der Waals surface area contributed by atoms with Gasteiger partial charge < -0.3 is 14.3 Å². The maximum absolute atomic E-state index is 13.0. The number of hydrogen-bond acceptors (Lipinski definition) is 5. The lowest BCUT2D eigenvalue weighted by Crippen LogP contribution is -2.09.